The van der Waals surface area contributed by atoms with E-state index in [1.807, 2.05) is 0 Å². The third kappa shape index (κ3) is 2.54. The Morgan fingerprint density at radius 2 is 2.12 bits per heavy atom. The monoisotopic (exact) mass is 235 g/mol. The normalized spacial score (nSPS) is 10.0. The standard InChI is InChI=1S/C10H9N3O2S/c14-8-3-1-7(2-4-8)5-11-10(15)9-6-12-13-16-9/h1-4,6,14H,5H2,(H,11,15). The fourth-order valence-electron chi connectivity index (χ4n) is 1.15. The second-order valence-electron chi connectivity index (χ2n) is 3.13. The number of aromatic nitrogens is 2. The van der Waals surface area contributed by atoms with Crippen molar-refractivity contribution in [3.8, 4) is 5.75 Å². The van der Waals surface area contributed by atoms with Crippen molar-refractivity contribution < 1.29 is 9.90 Å². The zero-order valence-corrected chi connectivity index (χ0v) is 9.07. The number of nitrogens with one attached hydrogen (secondary N) is 1. The molecule has 1 aromatic carbocycles. The zero-order valence-electron chi connectivity index (χ0n) is 8.25. The second kappa shape index (κ2) is 4.71. The maximum atomic E-state index is 11.5. The number of hydrogen-bond donors (Lipinski definition) is 2. The molecule has 0 fully saturated rings. The molecule has 0 atom stereocenters. The van der Waals surface area contributed by atoms with Gasteiger partial charge in [0.2, 0.25) is 0 Å². The highest BCUT2D eigenvalue weighted by Gasteiger charge is 2.07. The molecule has 82 valence electrons. The lowest BCUT2D eigenvalue weighted by Crippen LogP contribution is -2.21. The first kappa shape index (κ1) is 10.6. The van der Waals surface area contributed by atoms with Crippen molar-refractivity contribution in [2.45, 2.75) is 6.54 Å². The van der Waals surface area contributed by atoms with Gasteiger partial charge in [-0.25, -0.2) is 0 Å². The van der Waals surface area contributed by atoms with E-state index < -0.39 is 0 Å². The SMILES string of the molecule is O=C(NCc1ccc(O)cc1)c1cnns1. The third-order valence-corrected chi connectivity index (χ3v) is 2.64. The van der Waals surface area contributed by atoms with Crippen LogP contribution in [-0.2, 0) is 6.54 Å². The summed E-state index contributed by atoms with van der Waals surface area (Å²) in [5, 5.41) is 15.4. The summed E-state index contributed by atoms with van der Waals surface area (Å²) in [5.74, 6) is 0.0183. The first-order chi connectivity index (χ1) is 7.75. The minimum atomic E-state index is -0.192. The van der Waals surface area contributed by atoms with Gasteiger partial charge < -0.3 is 10.4 Å². The lowest BCUT2D eigenvalue weighted by Gasteiger charge is -2.03. The number of phenols is 1. The number of carbonyl (C=O) groups is 1. The number of carbonyl (C=O) groups excluding carboxylic acids is 1. The molecule has 2 N–H and O–H groups in total. The Morgan fingerprint density at radius 3 is 2.75 bits per heavy atom. The van der Waals surface area contributed by atoms with E-state index in [0.29, 0.717) is 11.4 Å². The molecule has 0 unspecified atom stereocenters. The van der Waals surface area contributed by atoms with Gasteiger partial charge in [-0.3, -0.25) is 4.79 Å². The Hall–Kier alpha value is -1.95. The van der Waals surface area contributed by atoms with E-state index in [9.17, 15) is 4.79 Å². The van der Waals surface area contributed by atoms with Crippen molar-refractivity contribution in [3.05, 3.63) is 40.9 Å². The van der Waals surface area contributed by atoms with Gasteiger partial charge in [0.25, 0.3) is 5.91 Å². The number of nitrogens with zero attached hydrogens (tertiary/aromatic N) is 2. The molecule has 1 aromatic heterocycles. The van der Waals surface area contributed by atoms with Crippen molar-refractivity contribution in [3.63, 3.8) is 0 Å². The largest absolute Gasteiger partial charge is 0.508 e. The average Bonchev–Trinajstić information content (AvgIpc) is 2.81. The van der Waals surface area contributed by atoms with Crippen LogP contribution in [-0.4, -0.2) is 20.6 Å². The second-order valence-corrected chi connectivity index (χ2v) is 3.92. The maximum absolute atomic E-state index is 11.5. The molecule has 0 bridgehead atoms. The number of benzene rings is 1. The van der Waals surface area contributed by atoms with Crippen LogP contribution in [0.5, 0.6) is 5.75 Å². The number of amides is 1. The van der Waals surface area contributed by atoms with Crippen LogP contribution in [0.4, 0.5) is 0 Å². The molecular formula is C10H9N3O2S. The van der Waals surface area contributed by atoms with Gasteiger partial charge in [0.15, 0.2) is 0 Å². The van der Waals surface area contributed by atoms with E-state index in [2.05, 4.69) is 14.9 Å². The highest BCUT2D eigenvalue weighted by molar-refractivity contribution is 7.07. The maximum Gasteiger partial charge on any atom is 0.264 e. The van der Waals surface area contributed by atoms with Crippen LogP contribution in [0, 0.1) is 0 Å². The van der Waals surface area contributed by atoms with Crippen molar-refractivity contribution in [2.75, 3.05) is 0 Å². The van der Waals surface area contributed by atoms with Gasteiger partial charge in [-0.05, 0) is 29.2 Å². The van der Waals surface area contributed by atoms with Crippen molar-refractivity contribution in [1.82, 2.24) is 14.9 Å². The molecule has 2 aromatic rings. The molecule has 0 radical (unpaired) electrons. The minimum Gasteiger partial charge on any atom is -0.508 e. The summed E-state index contributed by atoms with van der Waals surface area (Å²) in [5.41, 5.74) is 0.920. The molecule has 0 aliphatic heterocycles. The molecule has 0 saturated carbocycles. The molecule has 0 spiro atoms. The Balaban J connectivity index is 1.93. The van der Waals surface area contributed by atoms with Crippen LogP contribution in [0.2, 0.25) is 0 Å². The topological polar surface area (TPSA) is 75.1 Å². The third-order valence-electron chi connectivity index (χ3n) is 1.97. The fraction of sp³-hybridized carbons (Fsp3) is 0.100. The lowest BCUT2D eigenvalue weighted by molar-refractivity contribution is 0.0955. The highest BCUT2D eigenvalue weighted by Crippen LogP contribution is 2.09. The van der Waals surface area contributed by atoms with Crippen LogP contribution in [0.25, 0.3) is 0 Å². The van der Waals surface area contributed by atoms with Crippen molar-refractivity contribution in [1.29, 1.82) is 0 Å². The van der Waals surface area contributed by atoms with Crippen molar-refractivity contribution >= 4 is 17.4 Å². The van der Waals surface area contributed by atoms with Crippen LogP contribution < -0.4 is 5.32 Å². The van der Waals surface area contributed by atoms with E-state index in [-0.39, 0.29) is 11.7 Å². The first-order valence-corrected chi connectivity index (χ1v) is 5.36. The van der Waals surface area contributed by atoms with E-state index in [1.165, 1.54) is 6.20 Å². The lowest BCUT2D eigenvalue weighted by atomic mass is 10.2. The van der Waals surface area contributed by atoms with Gasteiger partial charge in [0, 0.05) is 6.54 Å². The summed E-state index contributed by atoms with van der Waals surface area (Å²) < 4.78 is 3.61. The van der Waals surface area contributed by atoms with E-state index in [1.54, 1.807) is 24.3 Å². The van der Waals surface area contributed by atoms with Crippen molar-refractivity contribution in [2.24, 2.45) is 0 Å². The van der Waals surface area contributed by atoms with Gasteiger partial charge in [-0.15, -0.1) is 5.10 Å². The molecule has 16 heavy (non-hydrogen) atoms. The number of aromatic hydroxyl groups is 1. The summed E-state index contributed by atoms with van der Waals surface area (Å²) >= 11 is 1.06. The average molecular weight is 235 g/mol. The van der Waals surface area contributed by atoms with Gasteiger partial charge in [0.1, 0.15) is 10.6 Å². The Labute approximate surface area is 95.9 Å². The Kier molecular flexibility index (Phi) is 3.11. The Bertz CT molecular complexity index is 467. The molecule has 5 nitrogen and oxygen atoms in total. The summed E-state index contributed by atoms with van der Waals surface area (Å²) in [7, 11) is 0. The predicted octanol–water partition coefficient (Wildman–Crippen LogP) is 1.17. The fourth-order valence-corrected chi connectivity index (χ4v) is 1.58. The molecule has 2 rings (SSSR count). The molecule has 0 aliphatic carbocycles. The van der Waals surface area contributed by atoms with Crippen LogP contribution in [0.15, 0.2) is 30.5 Å². The summed E-state index contributed by atoms with van der Waals surface area (Å²) in [4.78, 5) is 12.0. The Morgan fingerprint density at radius 1 is 1.38 bits per heavy atom. The van der Waals surface area contributed by atoms with Gasteiger partial charge in [-0.1, -0.05) is 16.6 Å². The summed E-state index contributed by atoms with van der Waals surface area (Å²) in [6.07, 6.45) is 1.43. The number of hydrogen-bond acceptors (Lipinski definition) is 5. The van der Waals surface area contributed by atoms with E-state index >= 15 is 0 Å². The molecule has 0 aliphatic rings. The quantitative estimate of drug-likeness (QED) is 0.837. The molecular weight excluding hydrogens is 226 g/mol. The predicted molar refractivity (Wildman–Crippen MR) is 59.2 cm³/mol. The molecule has 1 heterocycles. The summed E-state index contributed by atoms with van der Waals surface area (Å²) in [6, 6.07) is 6.66. The van der Waals surface area contributed by atoms with E-state index in [0.717, 1.165) is 17.1 Å². The molecule has 1 amide bonds. The van der Waals surface area contributed by atoms with E-state index in [4.69, 9.17) is 5.11 Å². The van der Waals surface area contributed by atoms with Crippen LogP contribution in [0.3, 0.4) is 0 Å². The van der Waals surface area contributed by atoms with Gasteiger partial charge in [0.05, 0.1) is 6.20 Å². The smallest absolute Gasteiger partial charge is 0.264 e. The van der Waals surface area contributed by atoms with Crippen LogP contribution in [0.1, 0.15) is 15.2 Å². The van der Waals surface area contributed by atoms with Crippen LogP contribution >= 0.6 is 11.5 Å². The number of rotatable bonds is 3. The zero-order chi connectivity index (χ0) is 11.4. The molecule has 6 heteroatoms. The highest BCUT2D eigenvalue weighted by atomic mass is 32.1. The first-order valence-electron chi connectivity index (χ1n) is 4.59. The number of phenolic OH excluding ortho intramolecular Hbond substituents is 1. The van der Waals surface area contributed by atoms with Gasteiger partial charge in [-0.2, -0.15) is 0 Å². The molecule has 0 saturated heterocycles. The van der Waals surface area contributed by atoms with Gasteiger partial charge >= 0.3 is 0 Å². The minimum absolute atomic E-state index is 0.192. The summed E-state index contributed by atoms with van der Waals surface area (Å²) in [6.45, 7) is 0.414.